The van der Waals surface area contributed by atoms with Gasteiger partial charge in [-0.3, -0.25) is 0 Å². The van der Waals surface area contributed by atoms with Crippen LogP contribution in [0.15, 0.2) is 54.5 Å². The molecule has 2 heteroatoms. The minimum absolute atomic E-state index is 1.13. The lowest BCUT2D eigenvalue weighted by Gasteiger charge is -2.06. The van der Waals surface area contributed by atoms with Gasteiger partial charge in [0.2, 0.25) is 0 Å². The zero-order valence-corrected chi connectivity index (χ0v) is 8.55. The highest BCUT2D eigenvalue weighted by atomic mass is 32.2. The van der Waals surface area contributed by atoms with Crippen LogP contribution in [-0.4, -0.2) is 0 Å². The molecule has 0 radical (unpaired) electrons. The number of benzene rings is 2. The molecule has 0 atom stereocenters. The molecule has 1 N–H and O–H groups in total. The van der Waals surface area contributed by atoms with Gasteiger partial charge in [-0.1, -0.05) is 43.0 Å². The predicted molar refractivity (Wildman–Crippen MR) is 65.4 cm³/mol. The van der Waals surface area contributed by atoms with Crippen molar-refractivity contribution in [1.29, 1.82) is 0 Å². The van der Waals surface area contributed by atoms with Crippen molar-refractivity contribution >= 4 is 28.4 Å². The minimum Gasteiger partial charge on any atom is -0.326 e. The van der Waals surface area contributed by atoms with Crippen molar-refractivity contribution in [2.24, 2.45) is 0 Å². The first-order valence-corrected chi connectivity index (χ1v) is 5.30. The van der Waals surface area contributed by atoms with Gasteiger partial charge in [-0.15, -0.1) is 0 Å². The van der Waals surface area contributed by atoms with E-state index in [4.69, 9.17) is 0 Å². The molecule has 1 nitrogen and oxygen atoms in total. The average Bonchev–Trinajstić information content (AvgIpc) is 2.26. The Balaban J connectivity index is 2.48. The molecule has 2 rings (SSSR count). The summed E-state index contributed by atoms with van der Waals surface area (Å²) in [6.07, 6.45) is 0. The summed E-state index contributed by atoms with van der Waals surface area (Å²) >= 11 is 1.49. The maximum Gasteiger partial charge on any atom is 0.0521 e. The molecule has 0 unspecified atom stereocenters. The summed E-state index contributed by atoms with van der Waals surface area (Å²) in [6.45, 7) is 3.66. The molecular weight excluding hydrogens is 190 g/mol. The second-order valence-corrected chi connectivity index (χ2v) is 3.69. The van der Waals surface area contributed by atoms with Crippen LogP contribution in [0.5, 0.6) is 0 Å². The fraction of sp³-hybridized carbons (Fsp3) is 0. The molecule has 70 valence electrons. The van der Waals surface area contributed by atoms with Gasteiger partial charge >= 0.3 is 0 Å². The molecule has 0 bridgehead atoms. The fourth-order valence-corrected chi connectivity index (χ4v) is 1.81. The highest BCUT2D eigenvalue weighted by molar-refractivity contribution is 8.03. The summed E-state index contributed by atoms with van der Waals surface area (Å²) in [5.74, 6) is 0. The number of anilines is 1. The molecule has 0 aliphatic rings. The molecule has 0 heterocycles. The van der Waals surface area contributed by atoms with Crippen LogP contribution in [0.3, 0.4) is 0 Å². The monoisotopic (exact) mass is 201 g/mol. The average molecular weight is 201 g/mol. The van der Waals surface area contributed by atoms with E-state index in [9.17, 15) is 0 Å². The summed E-state index contributed by atoms with van der Waals surface area (Å²) < 4.78 is 3.24. The van der Waals surface area contributed by atoms with E-state index in [1.165, 1.54) is 22.7 Å². The number of rotatable bonds is 3. The Bertz CT molecular complexity index is 446. The van der Waals surface area contributed by atoms with Crippen LogP contribution in [0.25, 0.3) is 10.8 Å². The van der Waals surface area contributed by atoms with E-state index in [0.717, 1.165) is 5.69 Å². The zero-order chi connectivity index (χ0) is 9.80. The van der Waals surface area contributed by atoms with E-state index in [1.54, 1.807) is 5.41 Å². The third kappa shape index (κ3) is 1.75. The van der Waals surface area contributed by atoms with Crippen molar-refractivity contribution in [1.82, 2.24) is 0 Å². The first-order chi connectivity index (χ1) is 6.92. The van der Waals surface area contributed by atoms with E-state index in [-0.39, 0.29) is 0 Å². The van der Waals surface area contributed by atoms with Crippen molar-refractivity contribution in [2.75, 3.05) is 4.72 Å². The Morgan fingerprint density at radius 3 is 2.71 bits per heavy atom. The summed E-state index contributed by atoms with van der Waals surface area (Å²) in [5, 5.41) is 4.27. The van der Waals surface area contributed by atoms with Gasteiger partial charge in [0.15, 0.2) is 0 Å². The Labute approximate surface area is 88.0 Å². The Morgan fingerprint density at radius 1 is 1.07 bits per heavy atom. The first kappa shape index (κ1) is 9.16. The number of fused-ring (bicyclic) bond motifs is 1. The van der Waals surface area contributed by atoms with E-state index >= 15 is 0 Å². The van der Waals surface area contributed by atoms with Crippen molar-refractivity contribution in [2.45, 2.75) is 0 Å². The van der Waals surface area contributed by atoms with Crippen LogP contribution in [-0.2, 0) is 0 Å². The molecule has 14 heavy (non-hydrogen) atoms. The Morgan fingerprint density at radius 2 is 1.86 bits per heavy atom. The third-order valence-corrected chi connectivity index (χ3v) is 2.55. The van der Waals surface area contributed by atoms with Gasteiger partial charge < -0.3 is 4.72 Å². The normalized spacial score (nSPS) is 10.0. The van der Waals surface area contributed by atoms with Crippen molar-refractivity contribution < 1.29 is 0 Å². The van der Waals surface area contributed by atoms with Gasteiger partial charge in [0.1, 0.15) is 0 Å². The second-order valence-electron chi connectivity index (χ2n) is 2.91. The lowest BCUT2D eigenvalue weighted by Crippen LogP contribution is -1.85. The lowest BCUT2D eigenvalue weighted by molar-refractivity contribution is 1.73. The predicted octanol–water partition coefficient (Wildman–Crippen LogP) is 4.04. The summed E-state index contributed by atoms with van der Waals surface area (Å²) in [5.41, 5.74) is 1.13. The molecule has 0 spiro atoms. The van der Waals surface area contributed by atoms with Crippen molar-refractivity contribution in [3.63, 3.8) is 0 Å². The van der Waals surface area contributed by atoms with Crippen LogP contribution in [0.1, 0.15) is 0 Å². The second kappa shape index (κ2) is 4.20. The van der Waals surface area contributed by atoms with Crippen LogP contribution in [0.4, 0.5) is 5.69 Å². The first-order valence-electron chi connectivity index (χ1n) is 4.42. The fourth-order valence-electron chi connectivity index (χ4n) is 1.42. The largest absolute Gasteiger partial charge is 0.326 e. The number of hydrogen-bond acceptors (Lipinski definition) is 2. The SMILES string of the molecule is C=CSNc1cccc2ccccc12. The Kier molecular flexibility index (Phi) is 2.75. The van der Waals surface area contributed by atoms with E-state index in [1.807, 2.05) is 18.2 Å². The van der Waals surface area contributed by atoms with Gasteiger partial charge in [0.25, 0.3) is 0 Å². The van der Waals surface area contributed by atoms with Crippen molar-refractivity contribution in [3.8, 4) is 0 Å². The summed E-state index contributed by atoms with van der Waals surface area (Å²) in [4.78, 5) is 0. The van der Waals surface area contributed by atoms with Gasteiger partial charge in [-0.05, 0) is 28.8 Å². The van der Waals surface area contributed by atoms with E-state index < -0.39 is 0 Å². The van der Waals surface area contributed by atoms with Gasteiger partial charge in [0, 0.05) is 5.39 Å². The van der Waals surface area contributed by atoms with E-state index in [0.29, 0.717) is 0 Å². The van der Waals surface area contributed by atoms with Crippen LogP contribution < -0.4 is 4.72 Å². The third-order valence-electron chi connectivity index (χ3n) is 2.04. The standard InChI is InChI=1S/C12H11NS/c1-2-14-13-12-9-5-7-10-6-3-4-8-11(10)12/h2-9,13H,1H2. The topological polar surface area (TPSA) is 12.0 Å². The maximum absolute atomic E-state index is 3.66. The highest BCUT2D eigenvalue weighted by Gasteiger charge is 1.97. The smallest absolute Gasteiger partial charge is 0.0521 e. The summed E-state index contributed by atoms with van der Waals surface area (Å²) in [7, 11) is 0. The van der Waals surface area contributed by atoms with Gasteiger partial charge in [0.05, 0.1) is 5.69 Å². The molecule has 0 fully saturated rings. The lowest BCUT2D eigenvalue weighted by atomic mass is 10.1. The molecule has 0 amide bonds. The number of nitrogens with one attached hydrogen (secondary N) is 1. The molecule has 0 saturated heterocycles. The molecule has 0 aromatic heterocycles. The number of hydrogen-bond donors (Lipinski definition) is 1. The van der Waals surface area contributed by atoms with Gasteiger partial charge in [-0.2, -0.15) is 0 Å². The summed E-state index contributed by atoms with van der Waals surface area (Å²) in [6, 6.07) is 14.5. The molecular formula is C12H11NS. The van der Waals surface area contributed by atoms with Crippen LogP contribution in [0, 0.1) is 0 Å². The van der Waals surface area contributed by atoms with E-state index in [2.05, 4.69) is 35.6 Å². The van der Waals surface area contributed by atoms with Crippen molar-refractivity contribution in [3.05, 3.63) is 54.5 Å². The minimum atomic E-state index is 1.13. The quantitative estimate of drug-likeness (QED) is 0.752. The molecule has 2 aromatic carbocycles. The molecule has 0 aliphatic carbocycles. The zero-order valence-electron chi connectivity index (χ0n) is 7.73. The van der Waals surface area contributed by atoms with Gasteiger partial charge in [-0.25, -0.2) is 0 Å². The molecule has 2 aromatic rings. The van der Waals surface area contributed by atoms with Crippen LogP contribution >= 0.6 is 11.9 Å². The molecule has 0 aliphatic heterocycles. The van der Waals surface area contributed by atoms with Crippen LogP contribution in [0.2, 0.25) is 0 Å². The highest BCUT2D eigenvalue weighted by Crippen LogP contribution is 2.24. The molecule has 0 saturated carbocycles. The Hall–Kier alpha value is -1.41. The maximum atomic E-state index is 3.66.